The molecule has 0 fully saturated rings. The normalized spacial score (nSPS) is 12.5. The fourth-order valence-electron chi connectivity index (χ4n) is 1.40. The van der Waals surface area contributed by atoms with Gasteiger partial charge < -0.3 is 15.6 Å². The number of rotatable bonds is 6. The molecule has 3 N–H and O–H groups in total. The van der Waals surface area contributed by atoms with Gasteiger partial charge in [0.15, 0.2) is 0 Å². The third-order valence-electron chi connectivity index (χ3n) is 2.25. The summed E-state index contributed by atoms with van der Waals surface area (Å²) in [7, 11) is 0. The molecule has 0 aliphatic rings. The van der Waals surface area contributed by atoms with E-state index in [1.54, 1.807) is 0 Å². The summed E-state index contributed by atoms with van der Waals surface area (Å²) in [5.41, 5.74) is 6.84. The zero-order chi connectivity index (χ0) is 11.1. The van der Waals surface area contributed by atoms with Gasteiger partial charge in [-0.05, 0) is 37.5 Å². The monoisotopic (exact) mass is 209 g/mol. The van der Waals surface area contributed by atoms with E-state index in [-0.39, 0.29) is 12.6 Å². The van der Waals surface area contributed by atoms with Crippen LogP contribution in [0.2, 0.25) is 0 Å². The molecule has 0 bridgehead atoms. The highest BCUT2D eigenvalue weighted by Gasteiger charge is 2.02. The molecule has 1 aromatic carbocycles. The molecule has 3 nitrogen and oxygen atoms in total. The number of aliphatic hydroxyl groups is 1. The Kier molecular flexibility index (Phi) is 5.15. The number of aryl methyl sites for hydroxylation is 1. The zero-order valence-corrected chi connectivity index (χ0v) is 9.15. The van der Waals surface area contributed by atoms with Crippen LogP contribution in [0.1, 0.15) is 18.9 Å². The lowest BCUT2D eigenvalue weighted by atomic mass is 10.1. The Morgan fingerprint density at radius 3 is 2.93 bits per heavy atom. The molecule has 0 saturated heterocycles. The summed E-state index contributed by atoms with van der Waals surface area (Å²) in [6.07, 6.45) is 1.68. The predicted molar refractivity (Wildman–Crippen MR) is 61.0 cm³/mol. The highest BCUT2D eigenvalue weighted by atomic mass is 16.5. The van der Waals surface area contributed by atoms with E-state index < -0.39 is 0 Å². The molecule has 1 aromatic rings. The molecule has 0 aliphatic carbocycles. The summed E-state index contributed by atoms with van der Waals surface area (Å²) in [5.74, 6) is 0.896. The Bertz CT molecular complexity index is 289. The molecule has 3 heteroatoms. The van der Waals surface area contributed by atoms with Crippen molar-refractivity contribution in [1.82, 2.24) is 0 Å². The van der Waals surface area contributed by atoms with E-state index in [1.807, 2.05) is 31.2 Å². The van der Waals surface area contributed by atoms with Crippen LogP contribution < -0.4 is 10.5 Å². The molecule has 1 unspecified atom stereocenters. The van der Waals surface area contributed by atoms with Crippen LogP contribution in [0.25, 0.3) is 0 Å². The molecule has 0 spiro atoms. The average Bonchev–Trinajstić information content (AvgIpc) is 2.27. The van der Waals surface area contributed by atoms with Crippen LogP contribution in [0.3, 0.4) is 0 Å². The first kappa shape index (κ1) is 12.0. The lowest BCUT2D eigenvalue weighted by Crippen LogP contribution is -2.24. The summed E-state index contributed by atoms with van der Waals surface area (Å²) in [4.78, 5) is 0. The van der Waals surface area contributed by atoms with Crippen LogP contribution in [0.4, 0.5) is 0 Å². The predicted octanol–water partition coefficient (Wildman–Crippen LogP) is 1.34. The maximum atomic E-state index is 8.80. The van der Waals surface area contributed by atoms with Crippen LogP contribution in [0.5, 0.6) is 5.75 Å². The number of hydrogen-bond acceptors (Lipinski definition) is 3. The Morgan fingerprint density at radius 1 is 1.47 bits per heavy atom. The second-order valence-electron chi connectivity index (χ2n) is 3.56. The first-order valence-electron chi connectivity index (χ1n) is 5.34. The molecular formula is C12H19NO2. The minimum atomic E-state index is -0.124. The maximum absolute atomic E-state index is 8.80. The summed E-state index contributed by atoms with van der Waals surface area (Å²) in [6.45, 7) is 2.69. The van der Waals surface area contributed by atoms with Crippen LogP contribution in [0.15, 0.2) is 24.3 Å². The molecule has 1 atom stereocenters. The smallest absolute Gasteiger partial charge is 0.119 e. The van der Waals surface area contributed by atoms with E-state index in [9.17, 15) is 0 Å². The largest absolute Gasteiger partial charge is 0.494 e. The van der Waals surface area contributed by atoms with Gasteiger partial charge in [-0.1, -0.05) is 12.1 Å². The molecule has 1 rings (SSSR count). The van der Waals surface area contributed by atoms with Gasteiger partial charge in [-0.25, -0.2) is 0 Å². The Labute approximate surface area is 90.9 Å². The topological polar surface area (TPSA) is 55.5 Å². The maximum Gasteiger partial charge on any atom is 0.119 e. The van der Waals surface area contributed by atoms with E-state index >= 15 is 0 Å². The van der Waals surface area contributed by atoms with Crippen LogP contribution in [-0.4, -0.2) is 24.4 Å². The molecule has 0 amide bonds. The molecule has 15 heavy (non-hydrogen) atoms. The Balaban J connectivity index is 2.50. The number of benzene rings is 1. The fourth-order valence-corrected chi connectivity index (χ4v) is 1.40. The van der Waals surface area contributed by atoms with Crippen molar-refractivity contribution >= 4 is 0 Å². The van der Waals surface area contributed by atoms with Gasteiger partial charge >= 0.3 is 0 Å². The third kappa shape index (κ3) is 4.32. The average molecular weight is 209 g/mol. The van der Waals surface area contributed by atoms with Crippen molar-refractivity contribution in [3.05, 3.63) is 29.8 Å². The van der Waals surface area contributed by atoms with E-state index in [1.165, 1.54) is 5.56 Å². The lowest BCUT2D eigenvalue weighted by molar-refractivity contribution is 0.260. The standard InChI is InChI=1S/C12H19NO2/c1-2-15-12-5-3-4-10(8-12)6-7-11(13)9-14/h3-5,8,11,14H,2,6-7,9,13H2,1H3. The summed E-state index contributed by atoms with van der Waals surface area (Å²) in [6, 6.07) is 7.87. The van der Waals surface area contributed by atoms with Crippen LogP contribution in [0, 0.1) is 0 Å². The van der Waals surface area contributed by atoms with E-state index in [0.29, 0.717) is 6.61 Å². The van der Waals surface area contributed by atoms with E-state index in [2.05, 4.69) is 0 Å². The van der Waals surface area contributed by atoms with E-state index in [0.717, 1.165) is 18.6 Å². The minimum Gasteiger partial charge on any atom is -0.494 e. The van der Waals surface area contributed by atoms with Gasteiger partial charge in [0, 0.05) is 6.04 Å². The number of nitrogens with two attached hydrogens (primary N) is 1. The van der Waals surface area contributed by atoms with Crippen molar-refractivity contribution in [3.8, 4) is 5.75 Å². The second kappa shape index (κ2) is 6.43. The molecule has 0 heterocycles. The highest BCUT2D eigenvalue weighted by molar-refractivity contribution is 5.28. The lowest BCUT2D eigenvalue weighted by Gasteiger charge is -2.09. The van der Waals surface area contributed by atoms with Crippen LogP contribution in [-0.2, 0) is 6.42 Å². The van der Waals surface area contributed by atoms with Crippen molar-refractivity contribution in [1.29, 1.82) is 0 Å². The first-order valence-corrected chi connectivity index (χ1v) is 5.34. The second-order valence-corrected chi connectivity index (χ2v) is 3.56. The number of aliphatic hydroxyl groups excluding tert-OH is 1. The number of hydrogen-bond donors (Lipinski definition) is 2. The zero-order valence-electron chi connectivity index (χ0n) is 9.15. The summed E-state index contributed by atoms with van der Waals surface area (Å²) in [5, 5.41) is 8.80. The Hall–Kier alpha value is -1.06. The van der Waals surface area contributed by atoms with Gasteiger partial charge in [0.25, 0.3) is 0 Å². The van der Waals surface area contributed by atoms with Crippen molar-refractivity contribution in [3.63, 3.8) is 0 Å². The third-order valence-corrected chi connectivity index (χ3v) is 2.25. The van der Waals surface area contributed by atoms with Crippen molar-refractivity contribution < 1.29 is 9.84 Å². The fraction of sp³-hybridized carbons (Fsp3) is 0.500. The molecule has 84 valence electrons. The molecular weight excluding hydrogens is 190 g/mol. The SMILES string of the molecule is CCOc1cccc(CCC(N)CO)c1. The summed E-state index contributed by atoms with van der Waals surface area (Å²) < 4.78 is 5.40. The van der Waals surface area contributed by atoms with Crippen molar-refractivity contribution in [2.75, 3.05) is 13.2 Å². The molecule has 0 aromatic heterocycles. The number of ether oxygens (including phenoxy) is 1. The van der Waals surface area contributed by atoms with E-state index in [4.69, 9.17) is 15.6 Å². The minimum absolute atomic E-state index is 0.0468. The van der Waals surface area contributed by atoms with Gasteiger partial charge in [0.2, 0.25) is 0 Å². The summed E-state index contributed by atoms with van der Waals surface area (Å²) >= 11 is 0. The Morgan fingerprint density at radius 2 is 2.27 bits per heavy atom. The molecule has 0 saturated carbocycles. The van der Waals surface area contributed by atoms with Gasteiger partial charge in [0.1, 0.15) is 5.75 Å². The van der Waals surface area contributed by atoms with Gasteiger partial charge in [-0.3, -0.25) is 0 Å². The molecule has 0 aliphatic heterocycles. The molecule has 0 radical (unpaired) electrons. The quantitative estimate of drug-likeness (QED) is 0.743. The van der Waals surface area contributed by atoms with Gasteiger partial charge in [-0.2, -0.15) is 0 Å². The van der Waals surface area contributed by atoms with Gasteiger partial charge in [0.05, 0.1) is 13.2 Å². The first-order chi connectivity index (χ1) is 7.26. The van der Waals surface area contributed by atoms with Crippen LogP contribution >= 0.6 is 0 Å². The van der Waals surface area contributed by atoms with Crippen molar-refractivity contribution in [2.24, 2.45) is 5.73 Å². The highest BCUT2D eigenvalue weighted by Crippen LogP contribution is 2.14. The van der Waals surface area contributed by atoms with Crippen molar-refractivity contribution in [2.45, 2.75) is 25.8 Å². The van der Waals surface area contributed by atoms with Gasteiger partial charge in [-0.15, -0.1) is 0 Å².